The van der Waals surface area contributed by atoms with Crippen LogP contribution in [0.1, 0.15) is 16.1 Å². The van der Waals surface area contributed by atoms with Crippen molar-refractivity contribution in [3.63, 3.8) is 0 Å². The van der Waals surface area contributed by atoms with E-state index in [0.29, 0.717) is 5.69 Å². The molecule has 1 aromatic heterocycles. The minimum absolute atomic E-state index is 0.0902. The maximum Gasteiger partial charge on any atom is 0.354 e. The van der Waals surface area contributed by atoms with E-state index in [9.17, 15) is 9.59 Å². The van der Waals surface area contributed by atoms with Crippen molar-refractivity contribution >= 4 is 23.6 Å². The quantitative estimate of drug-likeness (QED) is 0.747. The molecule has 0 spiro atoms. The Morgan fingerprint density at radius 3 is 2.38 bits per heavy atom. The van der Waals surface area contributed by atoms with E-state index in [0.717, 1.165) is 5.56 Å². The van der Waals surface area contributed by atoms with Gasteiger partial charge in [-0.3, -0.25) is 4.79 Å². The van der Waals surface area contributed by atoms with E-state index in [1.54, 1.807) is 18.2 Å². The average Bonchev–Trinajstić information content (AvgIpc) is 2.47. The molecule has 0 aliphatic rings. The molecule has 0 saturated heterocycles. The first-order chi connectivity index (χ1) is 10.0. The van der Waals surface area contributed by atoms with Crippen LogP contribution in [0.2, 0.25) is 0 Å². The summed E-state index contributed by atoms with van der Waals surface area (Å²) in [7, 11) is 0. The lowest BCUT2D eigenvalue weighted by Crippen LogP contribution is -2.09. The summed E-state index contributed by atoms with van der Waals surface area (Å²) in [5.41, 5.74) is 1.08. The van der Waals surface area contributed by atoms with Crippen LogP contribution in [0.5, 0.6) is 5.75 Å². The standard InChI is InChI=1S/C15H12N2O4/c18-12-5-1-10(2-6-12)3-8-14(19)17-11-4-7-13(15(20)21)16-9-11/h1-9,18H,(H,17,19)(H,20,21)/b8-3+. The summed E-state index contributed by atoms with van der Waals surface area (Å²) in [6.07, 6.45) is 4.20. The number of anilines is 1. The lowest BCUT2D eigenvalue weighted by atomic mass is 10.2. The van der Waals surface area contributed by atoms with Crippen LogP contribution in [0.4, 0.5) is 5.69 Å². The Morgan fingerprint density at radius 2 is 1.81 bits per heavy atom. The predicted molar refractivity (Wildman–Crippen MR) is 77.0 cm³/mol. The third-order valence-corrected chi connectivity index (χ3v) is 2.57. The number of carbonyl (C=O) groups is 2. The Morgan fingerprint density at radius 1 is 1.10 bits per heavy atom. The first-order valence-corrected chi connectivity index (χ1v) is 6.02. The second-order valence-electron chi connectivity index (χ2n) is 4.15. The summed E-state index contributed by atoms with van der Waals surface area (Å²) in [6.45, 7) is 0. The Hall–Kier alpha value is -3.15. The van der Waals surface area contributed by atoms with Gasteiger partial charge in [-0.15, -0.1) is 0 Å². The molecule has 0 radical (unpaired) electrons. The number of hydrogen-bond acceptors (Lipinski definition) is 4. The maximum atomic E-state index is 11.7. The molecule has 106 valence electrons. The van der Waals surface area contributed by atoms with Gasteiger partial charge >= 0.3 is 5.97 Å². The molecule has 6 nitrogen and oxygen atoms in total. The zero-order chi connectivity index (χ0) is 15.2. The second kappa shape index (κ2) is 6.33. The van der Waals surface area contributed by atoms with Crippen molar-refractivity contribution in [3.8, 4) is 5.75 Å². The topological polar surface area (TPSA) is 99.5 Å². The fourth-order valence-electron chi connectivity index (χ4n) is 1.54. The van der Waals surface area contributed by atoms with E-state index in [1.807, 2.05) is 0 Å². The van der Waals surface area contributed by atoms with Crippen LogP contribution < -0.4 is 5.32 Å². The average molecular weight is 284 g/mol. The van der Waals surface area contributed by atoms with E-state index in [1.165, 1.54) is 36.5 Å². The number of phenols is 1. The highest BCUT2D eigenvalue weighted by molar-refractivity contribution is 6.02. The number of aromatic hydroxyl groups is 1. The minimum Gasteiger partial charge on any atom is -0.508 e. The maximum absolute atomic E-state index is 11.7. The second-order valence-corrected chi connectivity index (χ2v) is 4.15. The third kappa shape index (κ3) is 4.17. The van der Waals surface area contributed by atoms with Crippen molar-refractivity contribution in [1.29, 1.82) is 0 Å². The van der Waals surface area contributed by atoms with E-state index in [-0.39, 0.29) is 17.4 Å². The minimum atomic E-state index is -1.12. The van der Waals surface area contributed by atoms with Crippen LogP contribution in [0.25, 0.3) is 6.08 Å². The van der Waals surface area contributed by atoms with Crippen molar-refractivity contribution in [3.05, 3.63) is 59.9 Å². The van der Waals surface area contributed by atoms with E-state index >= 15 is 0 Å². The number of hydrogen-bond donors (Lipinski definition) is 3. The molecule has 1 amide bonds. The predicted octanol–water partition coefficient (Wildman–Crippen LogP) is 2.14. The van der Waals surface area contributed by atoms with Crippen LogP contribution in [0, 0.1) is 0 Å². The first-order valence-electron chi connectivity index (χ1n) is 6.02. The summed E-state index contributed by atoms with van der Waals surface area (Å²) in [4.78, 5) is 26.0. The summed E-state index contributed by atoms with van der Waals surface area (Å²) in [6, 6.07) is 9.15. The van der Waals surface area contributed by atoms with Gasteiger partial charge in [0, 0.05) is 6.08 Å². The molecule has 0 saturated carbocycles. The molecule has 0 unspecified atom stereocenters. The van der Waals surface area contributed by atoms with Crippen LogP contribution in [-0.4, -0.2) is 27.1 Å². The van der Waals surface area contributed by atoms with Crippen LogP contribution in [0.15, 0.2) is 48.7 Å². The zero-order valence-corrected chi connectivity index (χ0v) is 10.9. The Balaban J connectivity index is 1.98. The van der Waals surface area contributed by atoms with Crippen molar-refractivity contribution in [2.24, 2.45) is 0 Å². The fraction of sp³-hybridized carbons (Fsp3) is 0. The molecule has 1 aromatic carbocycles. The van der Waals surface area contributed by atoms with Gasteiger partial charge in [0.25, 0.3) is 0 Å². The number of rotatable bonds is 4. The molecule has 0 atom stereocenters. The molecule has 0 aliphatic heterocycles. The highest BCUT2D eigenvalue weighted by atomic mass is 16.4. The molecule has 0 bridgehead atoms. The van der Waals surface area contributed by atoms with E-state index < -0.39 is 5.97 Å². The first kappa shape index (κ1) is 14.3. The number of benzene rings is 1. The van der Waals surface area contributed by atoms with Gasteiger partial charge in [-0.2, -0.15) is 0 Å². The van der Waals surface area contributed by atoms with Crippen LogP contribution in [-0.2, 0) is 4.79 Å². The molecule has 6 heteroatoms. The molecular formula is C15H12N2O4. The number of carboxylic acid groups (broad SMARTS) is 1. The number of aromatic carboxylic acids is 1. The van der Waals surface area contributed by atoms with Crippen molar-refractivity contribution < 1.29 is 19.8 Å². The van der Waals surface area contributed by atoms with Crippen molar-refractivity contribution in [1.82, 2.24) is 4.98 Å². The van der Waals surface area contributed by atoms with Gasteiger partial charge < -0.3 is 15.5 Å². The number of aromatic nitrogens is 1. The number of carbonyl (C=O) groups excluding carboxylic acids is 1. The highest BCUT2D eigenvalue weighted by Crippen LogP contribution is 2.11. The number of nitrogens with zero attached hydrogens (tertiary/aromatic N) is 1. The van der Waals surface area contributed by atoms with Gasteiger partial charge in [-0.1, -0.05) is 12.1 Å². The number of carboxylic acids is 1. The molecule has 2 rings (SSSR count). The van der Waals surface area contributed by atoms with Gasteiger partial charge in [0.05, 0.1) is 11.9 Å². The number of phenolic OH excluding ortho intramolecular Hbond substituents is 1. The smallest absolute Gasteiger partial charge is 0.354 e. The highest BCUT2D eigenvalue weighted by Gasteiger charge is 2.04. The summed E-state index contributed by atoms with van der Waals surface area (Å²) in [5.74, 6) is -1.34. The monoisotopic (exact) mass is 284 g/mol. The summed E-state index contributed by atoms with van der Waals surface area (Å²) >= 11 is 0. The number of nitrogens with one attached hydrogen (secondary N) is 1. The molecule has 2 aromatic rings. The Kier molecular flexibility index (Phi) is 4.30. The van der Waals surface area contributed by atoms with E-state index in [2.05, 4.69) is 10.3 Å². The van der Waals surface area contributed by atoms with Gasteiger partial charge in [0.15, 0.2) is 0 Å². The molecule has 0 fully saturated rings. The lowest BCUT2D eigenvalue weighted by Gasteiger charge is -2.01. The van der Waals surface area contributed by atoms with Gasteiger partial charge in [0.1, 0.15) is 11.4 Å². The van der Waals surface area contributed by atoms with Crippen LogP contribution >= 0.6 is 0 Å². The Labute approximate surface area is 120 Å². The summed E-state index contributed by atoms with van der Waals surface area (Å²) in [5, 5.41) is 20.4. The lowest BCUT2D eigenvalue weighted by molar-refractivity contribution is -0.111. The third-order valence-electron chi connectivity index (χ3n) is 2.57. The largest absolute Gasteiger partial charge is 0.508 e. The number of pyridine rings is 1. The van der Waals surface area contributed by atoms with E-state index in [4.69, 9.17) is 10.2 Å². The SMILES string of the molecule is O=C(/C=C/c1ccc(O)cc1)Nc1ccc(C(=O)O)nc1. The Bertz CT molecular complexity index is 676. The number of amides is 1. The molecule has 0 aliphatic carbocycles. The summed E-state index contributed by atoms with van der Waals surface area (Å²) < 4.78 is 0. The zero-order valence-electron chi connectivity index (χ0n) is 10.9. The fourth-order valence-corrected chi connectivity index (χ4v) is 1.54. The van der Waals surface area contributed by atoms with Gasteiger partial charge in [0.2, 0.25) is 5.91 Å². The normalized spacial score (nSPS) is 10.5. The molecular weight excluding hydrogens is 272 g/mol. The molecule has 21 heavy (non-hydrogen) atoms. The van der Waals surface area contributed by atoms with Gasteiger partial charge in [-0.25, -0.2) is 9.78 Å². The van der Waals surface area contributed by atoms with Crippen molar-refractivity contribution in [2.45, 2.75) is 0 Å². The molecule has 1 heterocycles. The van der Waals surface area contributed by atoms with Gasteiger partial charge in [-0.05, 0) is 35.9 Å². The van der Waals surface area contributed by atoms with Crippen molar-refractivity contribution in [2.75, 3.05) is 5.32 Å². The molecule has 3 N–H and O–H groups in total. The van der Waals surface area contributed by atoms with Crippen LogP contribution in [0.3, 0.4) is 0 Å².